The first kappa shape index (κ1) is 18.8. The highest BCUT2D eigenvalue weighted by atomic mass is 35.5. The van der Waals surface area contributed by atoms with Crippen LogP contribution in [-0.2, 0) is 10.5 Å². The number of nitrogens with one attached hydrogen (secondary N) is 1. The zero-order valence-electron chi connectivity index (χ0n) is 13.4. The second-order valence-corrected chi connectivity index (χ2v) is 7.55. The van der Waals surface area contributed by atoms with Gasteiger partial charge in [-0.25, -0.2) is 4.39 Å². The summed E-state index contributed by atoms with van der Waals surface area (Å²) in [6.07, 6.45) is 0.158. The van der Waals surface area contributed by atoms with Crippen molar-refractivity contribution in [3.63, 3.8) is 0 Å². The number of nitrogens with zero attached hydrogens (tertiary/aromatic N) is 1. The van der Waals surface area contributed by atoms with E-state index >= 15 is 0 Å². The molecule has 1 amide bonds. The molecular formula is C19H13Cl2FN2OS. The summed E-state index contributed by atoms with van der Waals surface area (Å²) >= 11 is 13.3. The lowest BCUT2D eigenvalue weighted by atomic mass is 9.87. The van der Waals surface area contributed by atoms with Gasteiger partial charge in [0, 0.05) is 18.1 Å². The predicted molar refractivity (Wildman–Crippen MR) is 102 cm³/mol. The zero-order chi connectivity index (χ0) is 18.7. The van der Waals surface area contributed by atoms with E-state index in [1.54, 1.807) is 24.3 Å². The Labute approximate surface area is 164 Å². The highest BCUT2D eigenvalue weighted by Gasteiger charge is 2.29. The molecule has 7 heteroatoms. The molecule has 1 aliphatic heterocycles. The maximum Gasteiger partial charge on any atom is 0.225 e. The largest absolute Gasteiger partial charge is 0.320 e. The SMILES string of the molecule is N#CC1=C(SCc2ccc(Cl)c(Cl)c2)NC(=O)C[C@@H]1c1ccc(F)cc1. The summed E-state index contributed by atoms with van der Waals surface area (Å²) in [5, 5.41) is 13.8. The molecule has 1 atom stereocenters. The summed E-state index contributed by atoms with van der Waals surface area (Å²) in [4.78, 5) is 12.1. The highest BCUT2D eigenvalue weighted by Crippen LogP contribution is 2.37. The van der Waals surface area contributed by atoms with Gasteiger partial charge in [-0.2, -0.15) is 5.26 Å². The van der Waals surface area contributed by atoms with Crippen LogP contribution in [-0.4, -0.2) is 5.91 Å². The zero-order valence-corrected chi connectivity index (χ0v) is 15.8. The van der Waals surface area contributed by atoms with Crippen molar-refractivity contribution in [1.29, 1.82) is 5.26 Å². The molecular weight excluding hydrogens is 394 g/mol. The van der Waals surface area contributed by atoms with Gasteiger partial charge in [0.15, 0.2) is 0 Å². The molecule has 0 saturated carbocycles. The van der Waals surface area contributed by atoms with Crippen molar-refractivity contribution >= 4 is 40.9 Å². The van der Waals surface area contributed by atoms with Crippen molar-refractivity contribution in [3.8, 4) is 6.07 Å². The van der Waals surface area contributed by atoms with E-state index in [1.165, 1.54) is 23.9 Å². The van der Waals surface area contributed by atoms with E-state index in [4.69, 9.17) is 23.2 Å². The van der Waals surface area contributed by atoms with E-state index < -0.39 is 0 Å². The smallest absolute Gasteiger partial charge is 0.225 e. The second-order valence-electron chi connectivity index (χ2n) is 5.75. The van der Waals surface area contributed by atoms with Crippen LogP contribution in [0.5, 0.6) is 0 Å². The van der Waals surface area contributed by atoms with E-state index in [1.807, 2.05) is 6.07 Å². The Kier molecular flexibility index (Phi) is 5.87. The van der Waals surface area contributed by atoms with Crippen LogP contribution in [0, 0.1) is 17.1 Å². The molecule has 0 saturated heterocycles. The molecule has 3 rings (SSSR count). The number of hydrogen-bond donors (Lipinski definition) is 1. The molecule has 0 spiro atoms. The lowest BCUT2D eigenvalue weighted by molar-refractivity contribution is -0.120. The minimum atomic E-state index is -0.384. The Balaban J connectivity index is 1.87. The Morgan fingerprint density at radius 1 is 1.19 bits per heavy atom. The van der Waals surface area contributed by atoms with E-state index in [-0.39, 0.29) is 24.1 Å². The minimum Gasteiger partial charge on any atom is -0.320 e. The van der Waals surface area contributed by atoms with Gasteiger partial charge in [-0.15, -0.1) is 11.8 Å². The van der Waals surface area contributed by atoms with Crippen LogP contribution in [0.2, 0.25) is 10.0 Å². The van der Waals surface area contributed by atoms with E-state index in [2.05, 4.69) is 11.4 Å². The fourth-order valence-electron chi connectivity index (χ4n) is 2.70. The molecule has 132 valence electrons. The molecule has 2 aromatic rings. The van der Waals surface area contributed by atoms with Gasteiger partial charge in [0.05, 0.1) is 26.7 Å². The van der Waals surface area contributed by atoms with Crippen molar-refractivity contribution in [3.05, 3.63) is 80.1 Å². The van der Waals surface area contributed by atoms with Crippen LogP contribution in [0.3, 0.4) is 0 Å². The van der Waals surface area contributed by atoms with Crippen LogP contribution in [0.15, 0.2) is 53.1 Å². The van der Waals surface area contributed by atoms with Gasteiger partial charge < -0.3 is 5.32 Å². The van der Waals surface area contributed by atoms with Crippen molar-refractivity contribution in [1.82, 2.24) is 5.32 Å². The summed E-state index contributed by atoms with van der Waals surface area (Å²) in [6.45, 7) is 0. The Morgan fingerprint density at radius 3 is 2.58 bits per heavy atom. The van der Waals surface area contributed by atoms with Crippen LogP contribution in [0.4, 0.5) is 4.39 Å². The number of nitriles is 1. The predicted octanol–water partition coefficient (Wildman–Crippen LogP) is 5.40. The average molecular weight is 407 g/mol. The number of rotatable bonds is 4. The van der Waals surface area contributed by atoms with Crippen LogP contribution in [0.1, 0.15) is 23.5 Å². The van der Waals surface area contributed by atoms with Crippen molar-refractivity contribution < 1.29 is 9.18 Å². The summed E-state index contributed by atoms with van der Waals surface area (Å²) in [6, 6.07) is 13.4. The molecule has 1 N–H and O–H groups in total. The van der Waals surface area contributed by atoms with Crippen molar-refractivity contribution in [2.75, 3.05) is 0 Å². The standard InChI is InChI=1S/C19H13Cl2FN2OS/c20-16-6-1-11(7-17(16)21)10-26-19-15(9-23)14(8-18(25)24-19)12-2-4-13(22)5-3-12/h1-7,14H,8,10H2,(H,24,25)/t14-/m1/s1. The van der Waals surface area contributed by atoms with Gasteiger partial charge >= 0.3 is 0 Å². The molecule has 1 aliphatic rings. The van der Waals surface area contributed by atoms with Gasteiger partial charge in [0.2, 0.25) is 5.91 Å². The molecule has 2 aromatic carbocycles. The Morgan fingerprint density at radius 2 is 1.92 bits per heavy atom. The summed E-state index contributed by atoms with van der Waals surface area (Å²) in [5.74, 6) is -0.389. The number of hydrogen-bond acceptors (Lipinski definition) is 3. The third-order valence-electron chi connectivity index (χ3n) is 4.00. The average Bonchev–Trinajstić information content (AvgIpc) is 2.63. The van der Waals surface area contributed by atoms with Gasteiger partial charge in [0.1, 0.15) is 5.82 Å². The monoisotopic (exact) mass is 406 g/mol. The molecule has 0 aromatic heterocycles. The van der Waals surface area contributed by atoms with Crippen LogP contribution >= 0.6 is 35.0 Å². The molecule has 26 heavy (non-hydrogen) atoms. The number of carbonyl (C=O) groups excluding carboxylic acids is 1. The third-order valence-corrected chi connectivity index (χ3v) is 5.82. The molecule has 0 bridgehead atoms. The van der Waals surface area contributed by atoms with Crippen LogP contribution < -0.4 is 5.32 Å². The number of amides is 1. The number of carbonyl (C=O) groups is 1. The van der Waals surface area contributed by atoms with Crippen molar-refractivity contribution in [2.24, 2.45) is 0 Å². The molecule has 0 unspecified atom stereocenters. The molecule has 3 nitrogen and oxygen atoms in total. The lowest BCUT2D eigenvalue weighted by Crippen LogP contribution is -2.30. The molecule has 0 radical (unpaired) electrons. The fourth-order valence-corrected chi connectivity index (χ4v) is 4.04. The second kappa shape index (κ2) is 8.13. The van der Waals surface area contributed by atoms with Gasteiger partial charge in [-0.3, -0.25) is 4.79 Å². The number of thioether (sulfide) groups is 1. The van der Waals surface area contributed by atoms with E-state index in [0.29, 0.717) is 26.4 Å². The molecule has 0 fully saturated rings. The van der Waals surface area contributed by atoms with Gasteiger partial charge in [-0.1, -0.05) is 41.4 Å². The third kappa shape index (κ3) is 4.21. The highest BCUT2D eigenvalue weighted by molar-refractivity contribution is 8.02. The summed E-state index contributed by atoms with van der Waals surface area (Å²) in [5.41, 5.74) is 2.14. The van der Waals surface area contributed by atoms with Gasteiger partial charge in [0.25, 0.3) is 0 Å². The van der Waals surface area contributed by atoms with Crippen LogP contribution in [0.25, 0.3) is 0 Å². The topological polar surface area (TPSA) is 52.9 Å². The summed E-state index contributed by atoms with van der Waals surface area (Å²) in [7, 11) is 0. The first-order valence-corrected chi connectivity index (χ1v) is 9.48. The quantitative estimate of drug-likeness (QED) is 0.738. The van der Waals surface area contributed by atoms with Crippen molar-refractivity contribution in [2.45, 2.75) is 18.1 Å². The summed E-state index contributed by atoms with van der Waals surface area (Å²) < 4.78 is 13.2. The number of benzene rings is 2. The lowest BCUT2D eigenvalue weighted by Gasteiger charge is -2.25. The number of allylic oxidation sites excluding steroid dienone is 1. The minimum absolute atomic E-state index is 0.158. The first-order valence-electron chi connectivity index (χ1n) is 7.74. The van der Waals surface area contributed by atoms with Gasteiger partial charge in [-0.05, 0) is 35.4 Å². The molecule has 0 aliphatic carbocycles. The fraction of sp³-hybridized carbons (Fsp3) is 0.158. The maximum atomic E-state index is 13.2. The maximum absolute atomic E-state index is 13.2. The Hall–Kier alpha value is -2.00. The normalized spacial score (nSPS) is 17.0. The van der Waals surface area contributed by atoms with E-state index in [9.17, 15) is 14.4 Å². The number of halogens is 3. The molecule has 1 heterocycles. The Bertz CT molecular complexity index is 922. The van der Waals surface area contributed by atoms with E-state index in [0.717, 1.165) is 11.1 Å². The first-order chi connectivity index (χ1) is 12.5.